The van der Waals surface area contributed by atoms with E-state index in [2.05, 4.69) is 54.4 Å². The zero-order chi connectivity index (χ0) is 14.8. The van der Waals surface area contributed by atoms with E-state index in [1.54, 1.807) is 0 Å². The molecule has 3 nitrogen and oxygen atoms in total. The summed E-state index contributed by atoms with van der Waals surface area (Å²) >= 11 is 2.31. The van der Waals surface area contributed by atoms with Crippen molar-refractivity contribution in [2.24, 2.45) is 0 Å². The fourth-order valence-corrected chi connectivity index (χ4v) is 2.75. The van der Waals surface area contributed by atoms with Crippen molar-refractivity contribution < 1.29 is 13.9 Å². The van der Waals surface area contributed by atoms with E-state index < -0.39 is 8.32 Å². The lowest BCUT2D eigenvalue weighted by molar-refractivity contribution is 0.0537. The minimum atomic E-state index is -1.41. The number of hydrogen-bond donors (Lipinski definition) is 0. The summed E-state index contributed by atoms with van der Waals surface area (Å²) in [6, 6.07) is 10.2. The maximum Gasteiger partial charge on any atom is 0.183 e. The Morgan fingerprint density at radius 1 is 1.05 bits per heavy atom. The van der Waals surface area contributed by atoms with E-state index in [1.807, 2.05) is 18.2 Å². The number of benzene rings is 1. The Morgan fingerprint density at radius 2 is 1.75 bits per heavy atom. The van der Waals surface area contributed by atoms with Gasteiger partial charge in [0.15, 0.2) is 8.32 Å². The van der Waals surface area contributed by atoms with Crippen LogP contribution in [0.25, 0.3) is 0 Å². The van der Waals surface area contributed by atoms with Gasteiger partial charge in [-0.05, 0) is 25.2 Å². The number of alkyl halides is 1. The molecule has 114 valence electrons. The molecule has 0 amide bonds. The molecule has 0 bridgehead atoms. The Bertz CT molecular complexity index is 354. The van der Waals surface area contributed by atoms with E-state index in [9.17, 15) is 0 Å². The van der Waals surface area contributed by atoms with Crippen LogP contribution in [-0.4, -0.2) is 32.2 Å². The monoisotopic (exact) mass is 408 g/mol. The summed E-state index contributed by atoms with van der Waals surface area (Å²) in [7, 11) is -1.41. The van der Waals surface area contributed by atoms with Crippen molar-refractivity contribution in [3.63, 3.8) is 0 Å². The summed E-state index contributed by atoms with van der Waals surface area (Å²) in [5, 5.41) is 0. The molecule has 0 radical (unpaired) electrons. The first-order valence-corrected chi connectivity index (χ1v) is 11.6. The Labute approximate surface area is 137 Å². The third-order valence-corrected chi connectivity index (χ3v) is 4.57. The van der Waals surface area contributed by atoms with Crippen LogP contribution in [0, 0.1) is 0 Å². The molecular weight excluding hydrogens is 383 g/mol. The number of halogens is 1. The van der Waals surface area contributed by atoms with Gasteiger partial charge in [0.1, 0.15) is 4.11 Å². The largest absolute Gasteiger partial charge is 0.415 e. The number of ether oxygens (including phenoxy) is 2. The Balaban J connectivity index is 1.99. The summed E-state index contributed by atoms with van der Waals surface area (Å²) in [6.45, 7) is 9.31. The molecule has 1 rings (SSSR count). The summed E-state index contributed by atoms with van der Waals surface area (Å²) in [5.74, 6) is 0. The van der Waals surface area contributed by atoms with Gasteiger partial charge in [0.2, 0.25) is 0 Å². The molecule has 5 heteroatoms. The highest BCUT2D eigenvalue weighted by molar-refractivity contribution is 14.1. The van der Waals surface area contributed by atoms with Crippen molar-refractivity contribution in [3.8, 4) is 0 Å². The van der Waals surface area contributed by atoms with Crippen molar-refractivity contribution in [1.82, 2.24) is 0 Å². The Kier molecular flexibility index (Phi) is 8.95. The second kappa shape index (κ2) is 9.89. The molecule has 20 heavy (non-hydrogen) atoms. The molecule has 1 unspecified atom stereocenters. The zero-order valence-corrected chi connectivity index (χ0v) is 15.8. The van der Waals surface area contributed by atoms with Gasteiger partial charge in [-0.1, -0.05) is 52.9 Å². The van der Waals surface area contributed by atoms with E-state index in [0.29, 0.717) is 19.8 Å². The number of hydrogen-bond acceptors (Lipinski definition) is 3. The van der Waals surface area contributed by atoms with E-state index in [0.717, 1.165) is 13.0 Å². The molecule has 1 aromatic rings. The molecule has 0 aromatic heterocycles. The zero-order valence-electron chi connectivity index (χ0n) is 12.6. The maximum absolute atomic E-state index is 5.74. The second-order valence-corrected chi connectivity index (χ2v) is 11.5. The quantitative estimate of drug-likeness (QED) is 0.251. The molecule has 0 saturated heterocycles. The molecule has 0 aliphatic rings. The van der Waals surface area contributed by atoms with Gasteiger partial charge in [-0.15, -0.1) is 0 Å². The second-order valence-electron chi connectivity index (χ2n) is 5.57. The summed E-state index contributed by atoms with van der Waals surface area (Å²) < 4.78 is 17.3. The normalized spacial score (nSPS) is 13.4. The van der Waals surface area contributed by atoms with Crippen LogP contribution in [0.5, 0.6) is 0 Å². The first kappa shape index (κ1) is 18.1. The smallest absolute Gasteiger partial charge is 0.183 e. The molecule has 0 spiro atoms. The lowest BCUT2D eigenvalue weighted by Crippen LogP contribution is -2.27. The standard InChI is InChI=1S/C15H25IO3Si/c1-20(2,3)19-12-11-18-15(16)9-10-17-13-14-7-5-4-6-8-14/h4-8,15H,9-13H2,1-3H3. The minimum absolute atomic E-state index is 0.189. The third kappa shape index (κ3) is 9.87. The molecule has 0 aliphatic carbocycles. The van der Waals surface area contributed by atoms with Gasteiger partial charge >= 0.3 is 0 Å². The van der Waals surface area contributed by atoms with Crippen molar-refractivity contribution in [1.29, 1.82) is 0 Å². The highest BCUT2D eigenvalue weighted by Crippen LogP contribution is 2.10. The van der Waals surface area contributed by atoms with Crippen molar-refractivity contribution >= 4 is 30.9 Å². The van der Waals surface area contributed by atoms with Crippen LogP contribution in [0.1, 0.15) is 12.0 Å². The van der Waals surface area contributed by atoms with E-state index in [-0.39, 0.29) is 4.11 Å². The van der Waals surface area contributed by atoms with Gasteiger partial charge < -0.3 is 13.9 Å². The number of rotatable bonds is 10. The van der Waals surface area contributed by atoms with E-state index in [4.69, 9.17) is 13.9 Å². The van der Waals surface area contributed by atoms with E-state index in [1.165, 1.54) is 5.56 Å². The fourth-order valence-electron chi connectivity index (χ4n) is 1.55. The highest BCUT2D eigenvalue weighted by Gasteiger charge is 2.13. The first-order valence-electron chi connectivity index (χ1n) is 6.99. The van der Waals surface area contributed by atoms with Crippen molar-refractivity contribution in [2.75, 3.05) is 19.8 Å². The van der Waals surface area contributed by atoms with Gasteiger partial charge in [-0.2, -0.15) is 0 Å². The molecule has 0 aliphatic heterocycles. The molecule has 0 N–H and O–H groups in total. The third-order valence-electron chi connectivity index (χ3n) is 2.52. The first-order chi connectivity index (χ1) is 9.47. The summed E-state index contributed by atoms with van der Waals surface area (Å²) in [4.78, 5) is 0. The van der Waals surface area contributed by atoms with Crippen LogP contribution in [-0.2, 0) is 20.5 Å². The predicted octanol–water partition coefficient (Wildman–Crippen LogP) is 4.22. The predicted molar refractivity (Wildman–Crippen MR) is 93.8 cm³/mol. The van der Waals surface area contributed by atoms with Crippen LogP contribution in [0.2, 0.25) is 19.6 Å². The van der Waals surface area contributed by atoms with Gasteiger partial charge in [-0.3, -0.25) is 0 Å². The molecule has 1 aromatic carbocycles. The lowest BCUT2D eigenvalue weighted by atomic mass is 10.2. The molecule has 0 fully saturated rings. The molecule has 0 saturated carbocycles. The Hall–Kier alpha value is 0.0469. The summed E-state index contributed by atoms with van der Waals surface area (Å²) in [5.41, 5.74) is 1.21. The van der Waals surface area contributed by atoms with Gasteiger partial charge in [0.25, 0.3) is 0 Å². The van der Waals surface area contributed by atoms with Crippen molar-refractivity contribution in [3.05, 3.63) is 35.9 Å². The molecule has 0 heterocycles. The average Bonchev–Trinajstić information content (AvgIpc) is 2.40. The van der Waals surface area contributed by atoms with Gasteiger partial charge in [0.05, 0.1) is 26.4 Å². The van der Waals surface area contributed by atoms with Gasteiger partial charge in [-0.25, -0.2) is 0 Å². The average molecular weight is 408 g/mol. The highest BCUT2D eigenvalue weighted by atomic mass is 127. The lowest BCUT2D eigenvalue weighted by Gasteiger charge is -2.18. The topological polar surface area (TPSA) is 27.7 Å². The van der Waals surface area contributed by atoms with Crippen LogP contribution in [0.15, 0.2) is 30.3 Å². The van der Waals surface area contributed by atoms with Crippen LogP contribution >= 0.6 is 22.6 Å². The fraction of sp³-hybridized carbons (Fsp3) is 0.600. The molecular formula is C15H25IO3Si. The van der Waals surface area contributed by atoms with E-state index >= 15 is 0 Å². The van der Waals surface area contributed by atoms with Crippen molar-refractivity contribution in [2.45, 2.75) is 36.8 Å². The SMILES string of the molecule is C[Si](C)(C)OCCOC(I)CCOCc1ccccc1. The van der Waals surface area contributed by atoms with Crippen LogP contribution in [0.3, 0.4) is 0 Å². The van der Waals surface area contributed by atoms with Crippen LogP contribution in [0.4, 0.5) is 0 Å². The van der Waals surface area contributed by atoms with Gasteiger partial charge in [0, 0.05) is 6.42 Å². The summed E-state index contributed by atoms with van der Waals surface area (Å²) in [6.07, 6.45) is 0.903. The maximum atomic E-state index is 5.74. The minimum Gasteiger partial charge on any atom is -0.415 e. The molecule has 1 atom stereocenters. The Morgan fingerprint density at radius 3 is 2.40 bits per heavy atom. The van der Waals surface area contributed by atoms with Crippen LogP contribution < -0.4 is 0 Å².